The van der Waals surface area contributed by atoms with Crippen LogP contribution in [0, 0.1) is 5.92 Å². The summed E-state index contributed by atoms with van der Waals surface area (Å²) in [5, 5.41) is 6.50. The van der Waals surface area contributed by atoms with Gasteiger partial charge in [0.2, 0.25) is 5.91 Å². The Hall–Kier alpha value is -2.37. The highest BCUT2D eigenvalue weighted by molar-refractivity contribution is 5.94. The number of amides is 1. The van der Waals surface area contributed by atoms with Crippen LogP contribution in [0.3, 0.4) is 0 Å². The van der Waals surface area contributed by atoms with E-state index in [0.29, 0.717) is 5.92 Å². The van der Waals surface area contributed by atoms with Crippen LogP contribution in [0.5, 0.6) is 0 Å². The van der Waals surface area contributed by atoms with Gasteiger partial charge >= 0.3 is 0 Å². The summed E-state index contributed by atoms with van der Waals surface area (Å²) in [6.07, 6.45) is 0. The monoisotopic (exact) mass is 381 g/mol. The van der Waals surface area contributed by atoms with E-state index in [1.165, 1.54) is 5.56 Å². The highest BCUT2D eigenvalue weighted by Crippen LogP contribution is 2.23. The number of morpholine rings is 1. The van der Waals surface area contributed by atoms with Gasteiger partial charge in [0.05, 0.1) is 19.3 Å². The first-order chi connectivity index (χ1) is 13.5. The molecule has 1 saturated heterocycles. The van der Waals surface area contributed by atoms with Crippen molar-refractivity contribution < 1.29 is 9.53 Å². The smallest absolute Gasteiger partial charge is 0.241 e. The molecule has 0 saturated carbocycles. The summed E-state index contributed by atoms with van der Waals surface area (Å²) in [7, 11) is 0. The Bertz CT molecular complexity index is 740. The molecule has 2 aromatic carbocycles. The van der Waals surface area contributed by atoms with Crippen molar-refractivity contribution in [2.24, 2.45) is 5.92 Å². The van der Waals surface area contributed by atoms with Gasteiger partial charge in [-0.05, 0) is 42.7 Å². The Kier molecular flexibility index (Phi) is 7.06. The van der Waals surface area contributed by atoms with Crippen molar-refractivity contribution in [2.75, 3.05) is 36.5 Å². The Morgan fingerprint density at radius 2 is 1.61 bits per heavy atom. The quantitative estimate of drug-likeness (QED) is 0.765. The summed E-state index contributed by atoms with van der Waals surface area (Å²) in [5.41, 5.74) is 3.18. The van der Waals surface area contributed by atoms with E-state index in [1.54, 1.807) is 0 Å². The highest BCUT2D eigenvalue weighted by atomic mass is 16.5. The normalized spacial score (nSPS) is 16.6. The molecule has 1 fully saturated rings. The van der Waals surface area contributed by atoms with Crippen LogP contribution in [0.4, 0.5) is 11.4 Å². The average molecular weight is 382 g/mol. The van der Waals surface area contributed by atoms with Crippen LogP contribution >= 0.6 is 0 Å². The molecule has 0 aliphatic carbocycles. The van der Waals surface area contributed by atoms with Crippen LogP contribution < -0.4 is 15.5 Å². The van der Waals surface area contributed by atoms with E-state index in [2.05, 4.69) is 53.6 Å². The molecule has 1 aliphatic rings. The minimum Gasteiger partial charge on any atom is -0.378 e. The van der Waals surface area contributed by atoms with Crippen LogP contribution in [0.2, 0.25) is 0 Å². The van der Waals surface area contributed by atoms with Crippen LogP contribution in [0.25, 0.3) is 0 Å². The highest BCUT2D eigenvalue weighted by Gasteiger charge is 2.21. The molecule has 2 N–H and O–H groups in total. The molecule has 0 unspecified atom stereocenters. The average Bonchev–Trinajstić information content (AvgIpc) is 2.73. The predicted molar refractivity (Wildman–Crippen MR) is 115 cm³/mol. The van der Waals surface area contributed by atoms with Crippen LogP contribution in [0.1, 0.15) is 32.4 Å². The molecule has 150 valence electrons. The summed E-state index contributed by atoms with van der Waals surface area (Å²) in [6, 6.07) is 18.2. The maximum atomic E-state index is 12.7. The SMILES string of the molecule is CC(C)[C@H](N[C@@H](C)C(=O)Nc1ccc(N2CCOCC2)cc1)c1ccccc1. The summed E-state index contributed by atoms with van der Waals surface area (Å²) >= 11 is 0. The number of hydrogen-bond donors (Lipinski definition) is 2. The first kappa shape index (κ1) is 20.4. The molecule has 5 nitrogen and oxygen atoms in total. The number of benzene rings is 2. The third-order valence-corrected chi connectivity index (χ3v) is 5.16. The van der Waals surface area contributed by atoms with E-state index < -0.39 is 0 Å². The molecule has 2 atom stereocenters. The molecule has 1 aliphatic heterocycles. The molecule has 3 rings (SSSR count). The molecule has 1 amide bonds. The maximum Gasteiger partial charge on any atom is 0.241 e. The van der Waals surface area contributed by atoms with Crippen LogP contribution in [-0.2, 0) is 9.53 Å². The molecule has 0 aromatic heterocycles. The lowest BCUT2D eigenvalue weighted by atomic mass is 9.95. The summed E-state index contributed by atoms with van der Waals surface area (Å²) in [4.78, 5) is 15.0. The minimum absolute atomic E-state index is 0.0271. The Morgan fingerprint density at radius 3 is 2.21 bits per heavy atom. The maximum absolute atomic E-state index is 12.7. The molecule has 2 aromatic rings. The molecule has 0 bridgehead atoms. The largest absolute Gasteiger partial charge is 0.378 e. The Balaban J connectivity index is 1.58. The van der Waals surface area contributed by atoms with Gasteiger partial charge in [0.25, 0.3) is 0 Å². The Labute approximate surface area is 168 Å². The topological polar surface area (TPSA) is 53.6 Å². The van der Waals surface area contributed by atoms with Gasteiger partial charge in [-0.2, -0.15) is 0 Å². The van der Waals surface area contributed by atoms with E-state index in [-0.39, 0.29) is 18.0 Å². The lowest BCUT2D eigenvalue weighted by molar-refractivity contribution is -0.118. The number of hydrogen-bond acceptors (Lipinski definition) is 4. The van der Waals surface area contributed by atoms with Gasteiger partial charge < -0.3 is 15.0 Å². The molecular formula is C23H31N3O2. The first-order valence-corrected chi connectivity index (χ1v) is 10.1. The number of ether oxygens (including phenoxy) is 1. The van der Waals surface area contributed by atoms with Gasteiger partial charge in [0.15, 0.2) is 0 Å². The van der Waals surface area contributed by atoms with Crippen molar-refractivity contribution in [3.05, 3.63) is 60.2 Å². The standard InChI is InChI=1S/C23H31N3O2/c1-17(2)22(19-7-5-4-6-8-19)24-18(3)23(27)25-20-9-11-21(12-10-20)26-13-15-28-16-14-26/h4-12,17-18,22,24H,13-16H2,1-3H3,(H,25,27)/t18-,22-/m0/s1. The van der Waals surface area contributed by atoms with Crippen molar-refractivity contribution in [1.82, 2.24) is 5.32 Å². The third-order valence-electron chi connectivity index (χ3n) is 5.16. The minimum atomic E-state index is -0.300. The fourth-order valence-electron chi connectivity index (χ4n) is 3.51. The van der Waals surface area contributed by atoms with Crippen molar-refractivity contribution in [3.8, 4) is 0 Å². The predicted octanol–water partition coefficient (Wildman–Crippen LogP) is 3.84. The van der Waals surface area contributed by atoms with Crippen molar-refractivity contribution >= 4 is 17.3 Å². The zero-order valence-electron chi connectivity index (χ0n) is 17.0. The van der Waals surface area contributed by atoms with Crippen LogP contribution in [0.15, 0.2) is 54.6 Å². The number of nitrogens with zero attached hydrogens (tertiary/aromatic N) is 1. The number of nitrogens with one attached hydrogen (secondary N) is 2. The van der Waals surface area contributed by atoms with E-state index in [9.17, 15) is 4.79 Å². The third kappa shape index (κ3) is 5.33. The zero-order valence-corrected chi connectivity index (χ0v) is 17.0. The number of rotatable bonds is 7. The molecule has 5 heteroatoms. The fraction of sp³-hybridized carbons (Fsp3) is 0.435. The van der Waals surface area contributed by atoms with Crippen LogP contribution in [-0.4, -0.2) is 38.3 Å². The Morgan fingerprint density at radius 1 is 0.964 bits per heavy atom. The molecular weight excluding hydrogens is 350 g/mol. The van der Waals surface area contributed by atoms with Crippen molar-refractivity contribution in [3.63, 3.8) is 0 Å². The number of carbonyl (C=O) groups excluding carboxylic acids is 1. The summed E-state index contributed by atoms with van der Waals surface area (Å²) in [6.45, 7) is 9.58. The number of carbonyl (C=O) groups is 1. The molecule has 0 spiro atoms. The van der Waals surface area contributed by atoms with Gasteiger partial charge in [-0.3, -0.25) is 10.1 Å². The number of anilines is 2. The van der Waals surface area contributed by atoms with E-state index in [0.717, 1.165) is 37.7 Å². The lowest BCUT2D eigenvalue weighted by Crippen LogP contribution is -2.41. The summed E-state index contributed by atoms with van der Waals surface area (Å²) in [5.74, 6) is 0.353. The van der Waals surface area contributed by atoms with Gasteiger partial charge in [-0.25, -0.2) is 0 Å². The zero-order chi connectivity index (χ0) is 19.9. The summed E-state index contributed by atoms with van der Waals surface area (Å²) < 4.78 is 5.40. The second kappa shape index (κ2) is 9.71. The van der Waals surface area contributed by atoms with Gasteiger partial charge in [0.1, 0.15) is 0 Å². The molecule has 28 heavy (non-hydrogen) atoms. The first-order valence-electron chi connectivity index (χ1n) is 10.1. The van der Waals surface area contributed by atoms with E-state index >= 15 is 0 Å². The van der Waals surface area contributed by atoms with Gasteiger partial charge in [0, 0.05) is 30.5 Å². The lowest BCUT2D eigenvalue weighted by Gasteiger charge is -2.29. The second-order valence-electron chi connectivity index (χ2n) is 7.66. The van der Waals surface area contributed by atoms with E-state index in [4.69, 9.17) is 4.74 Å². The van der Waals surface area contributed by atoms with E-state index in [1.807, 2.05) is 37.3 Å². The van der Waals surface area contributed by atoms with Gasteiger partial charge in [-0.1, -0.05) is 44.2 Å². The molecule has 0 radical (unpaired) electrons. The van der Waals surface area contributed by atoms with Gasteiger partial charge in [-0.15, -0.1) is 0 Å². The molecule has 1 heterocycles. The second-order valence-corrected chi connectivity index (χ2v) is 7.66. The fourth-order valence-corrected chi connectivity index (χ4v) is 3.51. The van der Waals surface area contributed by atoms with Crippen molar-refractivity contribution in [1.29, 1.82) is 0 Å². The van der Waals surface area contributed by atoms with Crippen molar-refractivity contribution in [2.45, 2.75) is 32.9 Å².